The van der Waals surface area contributed by atoms with Crippen molar-refractivity contribution in [3.05, 3.63) is 35.1 Å². The first-order valence-electron chi connectivity index (χ1n) is 6.11. The van der Waals surface area contributed by atoms with Crippen LogP contribution in [0.1, 0.15) is 30.9 Å². The largest absolute Gasteiger partial charge is 0.465 e. The Labute approximate surface area is 111 Å². The molecule has 0 atom stereocenters. The Morgan fingerprint density at radius 2 is 1.68 bits per heavy atom. The molecule has 0 saturated carbocycles. The Bertz CT molecular complexity index is 432. The van der Waals surface area contributed by atoms with Gasteiger partial charge in [-0.25, -0.2) is 4.39 Å². The summed E-state index contributed by atoms with van der Waals surface area (Å²) >= 11 is 0. The molecule has 1 aromatic carbocycles. The number of aryl methyl sites for hydroxylation is 1. The second-order valence-corrected chi connectivity index (χ2v) is 3.91. The summed E-state index contributed by atoms with van der Waals surface area (Å²) in [5.41, 5.74) is 0.519. The number of halogens is 1. The molecule has 1 aromatic rings. The Morgan fingerprint density at radius 1 is 1.16 bits per heavy atom. The van der Waals surface area contributed by atoms with Crippen LogP contribution >= 0.6 is 0 Å². The Hall–Kier alpha value is -1.91. The smallest absolute Gasteiger partial charge is 0.325 e. The van der Waals surface area contributed by atoms with E-state index in [1.165, 1.54) is 12.1 Å². The predicted molar refractivity (Wildman–Crippen MR) is 67.1 cm³/mol. The highest BCUT2D eigenvalue weighted by molar-refractivity contribution is 6.01. The van der Waals surface area contributed by atoms with Crippen molar-refractivity contribution in [3.63, 3.8) is 0 Å². The highest BCUT2D eigenvalue weighted by Gasteiger charge is 2.34. The number of carbonyl (C=O) groups excluding carboxylic acids is 2. The summed E-state index contributed by atoms with van der Waals surface area (Å²) in [5.74, 6) is -3.59. The van der Waals surface area contributed by atoms with E-state index in [1.54, 1.807) is 26.8 Å². The molecule has 19 heavy (non-hydrogen) atoms. The molecule has 0 aliphatic rings. The highest BCUT2D eigenvalue weighted by Crippen LogP contribution is 2.26. The van der Waals surface area contributed by atoms with Gasteiger partial charge in [0.15, 0.2) is 5.92 Å². The van der Waals surface area contributed by atoms with Gasteiger partial charge in [-0.1, -0.05) is 12.1 Å². The SMILES string of the molecule is CCOC(=O)C(C(=O)OCC)c1c(C)cccc1F. The van der Waals surface area contributed by atoms with Crippen LogP contribution in [0, 0.1) is 12.7 Å². The van der Waals surface area contributed by atoms with E-state index < -0.39 is 23.7 Å². The summed E-state index contributed by atoms with van der Waals surface area (Å²) in [7, 11) is 0. The van der Waals surface area contributed by atoms with Gasteiger partial charge < -0.3 is 9.47 Å². The molecular weight excluding hydrogens is 251 g/mol. The van der Waals surface area contributed by atoms with Crippen molar-refractivity contribution in [2.45, 2.75) is 26.7 Å². The first-order chi connectivity index (χ1) is 9.02. The molecule has 0 saturated heterocycles. The average molecular weight is 268 g/mol. The molecule has 0 heterocycles. The summed E-state index contributed by atoms with van der Waals surface area (Å²) in [6.45, 7) is 5.09. The Morgan fingerprint density at radius 3 is 2.11 bits per heavy atom. The topological polar surface area (TPSA) is 52.6 Å². The van der Waals surface area contributed by atoms with E-state index in [-0.39, 0.29) is 18.8 Å². The second-order valence-electron chi connectivity index (χ2n) is 3.91. The Balaban J connectivity index is 3.23. The third-order valence-corrected chi connectivity index (χ3v) is 2.60. The lowest BCUT2D eigenvalue weighted by Gasteiger charge is -2.17. The van der Waals surface area contributed by atoms with E-state index in [2.05, 4.69) is 0 Å². The van der Waals surface area contributed by atoms with Gasteiger partial charge >= 0.3 is 11.9 Å². The second kappa shape index (κ2) is 6.87. The molecule has 104 valence electrons. The summed E-state index contributed by atoms with van der Waals surface area (Å²) in [5, 5.41) is 0. The number of hydrogen-bond acceptors (Lipinski definition) is 4. The van der Waals surface area contributed by atoms with Crippen LogP contribution in [0.3, 0.4) is 0 Å². The summed E-state index contributed by atoms with van der Waals surface area (Å²) in [4.78, 5) is 23.7. The normalized spacial score (nSPS) is 10.4. The molecule has 0 N–H and O–H groups in total. The highest BCUT2D eigenvalue weighted by atomic mass is 19.1. The molecule has 0 bridgehead atoms. The Kier molecular flexibility index (Phi) is 5.48. The standard InChI is InChI=1S/C14H17FO4/c1-4-18-13(16)12(14(17)19-5-2)11-9(3)7-6-8-10(11)15/h6-8,12H,4-5H2,1-3H3. The van der Waals surface area contributed by atoms with Crippen molar-refractivity contribution >= 4 is 11.9 Å². The summed E-state index contributed by atoms with van der Waals surface area (Å²) < 4.78 is 23.5. The van der Waals surface area contributed by atoms with Crippen LogP contribution < -0.4 is 0 Å². The van der Waals surface area contributed by atoms with Gasteiger partial charge in [0, 0.05) is 5.56 Å². The molecular formula is C14H17FO4. The van der Waals surface area contributed by atoms with Crippen LogP contribution in [-0.2, 0) is 19.1 Å². The number of ether oxygens (including phenoxy) is 2. The average Bonchev–Trinajstić information content (AvgIpc) is 2.34. The zero-order chi connectivity index (χ0) is 14.4. The van der Waals surface area contributed by atoms with Crippen molar-refractivity contribution in [2.75, 3.05) is 13.2 Å². The first kappa shape index (κ1) is 15.1. The number of benzene rings is 1. The van der Waals surface area contributed by atoms with Gasteiger partial charge in [0.25, 0.3) is 0 Å². The van der Waals surface area contributed by atoms with Crippen LogP contribution in [0.25, 0.3) is 0 Å². The zero-order valence-corrected chi connectivity index (χ0v) is 11.2. The third-order valence-electron chi connectivity index (χ3n) is 2.60. The lowest BCUT2D eigenvalue weighted by atomic mass is 9.94. The minimum Gasteiger partial charge on any atom is -0.465 e. The lowest BCUT2D eigenvalue weighted by Crippen LogP contribution is -2.27. The van der Waals surface area contributed by atoms with Gasteiger partial charge in [-0.3, -0.25) is 9.59 Å². The summed E-state index contributed by atoms with van der Waals surface area (Å²) in [6.07, 6.45) is 0. The van der Waals surface area contributed by atoms with Crippen molar-refractivity contribution in [1.29, 1.82) is 0 Å². The van der Waals surface area contributed by atoms with Crippen molar-refractivity contribution in [2.24, 2.45) is 0 Å². The van der Waals surface area contributed by atoms with Crippen LogP contribution in [0.2, 0.25) is 0 Å². The van der Waals surface area contributed by atoms with Gasteiger partial charge in [0.05, 0.1) is 13.2 Å². The van der Waals surface area contributed by atoms with Gasteiger partial charge in [-0.15, -0.1) is 0 Å². The van der Waals surface area contributed by atoms with Gasteiger partial charge in [-0.05, 0) is 32.4 Å². The first-order valence-corrected chi connectivity index (χ1v) is 6.11. The molecule has 0 aliphatic heterocycles. The van der Waals surface area contributed by atoms with Gasteiger partial charge in [0.1, 0.15) is 5.82 Å². The molecule has 0 aliphatic carbocycles. The fourth-order valence-electron chi connectivity index (χ4n) is 1.79. The molecule has 0 spiro atoms. The van der Waals surface area contributed by atoms with Crippen LogP contribution in [0.5, 0.6) is 0 Å². The van der Waals surface area contributed by atoms with E-state index in [9.17, 15) is 14.0 Å². The van der Waals surface area contributed by atoms with Crippen LogP contribution in [0.4, 0.5) is 4.39 Å². The van der Waals surface area contributed by atoms with Gasteiger partial charge in [0.2, 0.25) is 0 Å². The molecule has 0 aromatic heterocycles. The molecule has 1 rings (SSSR count). The summed E-state index contributed by atoms with van der Waals surface area (Å²) in [6, 6.07) is 4.35. The maximum Gasteiger partial charge on any atom is 0.325 e. The van der Waals surface area contributed by atoms with E-state index in [1.807, 2.05) is 0 Å². The maximum absolute atomic E-state index is 13.9. The fraction of sp³-hybridized carbons (Fsp3) is 0.429. The van der Waals surface area contributed by atoms with Crippen LogP contribution in [-0.4, -0.2) is 25.2 Å². The number of carbonyl (C=O) groups is 2. The van der Waals surface area contributed by atoms with Crippen molar-refractivity contribution in [3.8, 4) is 0 Å². The quantitative estimate of drug-likeness (QED) is 0.607. The van der Waals surface area contributed by atoms with E-state index in [4.69, 9.17) is 9.47 Å². The number of rotatable bonds is 5. The molecule has 5 heteroatoms. The fourth-order valence-corrected chi connectivity index (χ4v) is 1.79. The molecule has 0 unspecified atom stereocenters. The van der Waals surface area contributed by atoms with Crippen LogP contribution in [0.15, 0.2) is 18.2 Å². The predicted octanol–water partition coefficient (Wildman–Crippen LogP) is 2.34. The van der Waals surface area contributed by atoms with E-state index in [0.717, 1.165) is 0 Å². The minimum atomic E-state index is -1.37. The third kappa shape index (κ3) is 3.53. The van der Waals surface area contributed by atoms with Gasteiger partial charge in [-0.2, -0.15) is 0 Å². The van der Waals surface area contributed by atoms with Crippen molar-refractivity contribution < 1.29 is 23.5 Å². The molecule has 4 nitrogen and oxygen atoms in total. The number of hydrogen-bond donors (Lipinski definition) is 0. The monoisotopic (exact) mass is 268 g/mol. The zero-order valence-electron chi connectivity index (χ0n) is 11.2. The lowest BCUT2D eigenvalue weighted by molar-refractivity contribution is -0.157. The molecule has 0 amide bonds. The minimum absolute atomic E-state index is 0.0133. The van der Waals surface area contributed by atoms with E-state index >= 15 is 0 Å². The molecule has 0 fully saturated rings. The van der Waals surface area contributed by atoms with E-state index in [0.29, 0.717) is 5.56 Å². The number of esters is 2. The maximum atomic E-state index is 13.9. The van der Waals surface area contributed by atoms with Crippen molar-refractivity contribution in [1.82, 2.24) is 0 Å². The molecule has 0 radical (unpaired) electrons.